The molecule has 7 nitrogen and oxygen atoms in total. The first kappa shape index (κ1) is 23.7. The maximum Gasteiger partial charge on any atom is 0.416 e. The number of carbonyl (C=O) groups excluding carboxylic acids is 3. The number of amides is 2. The molecule has 0 aromatic heterocycles. The minimum atomic E-state index is -4.45. The third-order valence-corrected chi connectivity index (χ3v) is 3.70. The summed E-state index contributed by atoms with van der Waals surface area (Å²) in [5, 5.41) is 2.86. The van der Waals surface area contributed by atoms with Gasteiger partial charge in [-0.15, -0.1) is 0 Å². The zero-order chi connectivity index (χ0) is 23.2. The molecule has 2 rings (SSSR count). The van der Waals surface area contributed by atoms with Gasteiger partial charge in [0.25, 0.3) is 5.91 Å². The number of rotatable bonds is 5. The highest BCUT2D eigenvalue weighted by atomic mass is 19.4. The van der Waals surface area contributed by atoms with E-state index < -0.39 is 41.5 Å². The molecule has 0 atom stereocenters. The third-order valence-electron chi connectivity index (χ3n) is 3.70. The number of alkyl halides is 3. The fraction of sp³-hybridized carbons (Fsp3) is 0.286. The molecule has 166 valence electrons. The lowest BCUT2D eigenvalue weighted by atomic mass is 10.1. The Morgan fingerprint density at radius 2 is 1.52 bits per heavy atom. The number of benzene rings is 2. The van der Waals surface area contributed by atoms with Crippen LogP contribution in [0.5, 0.6) is 0 Å². The molecule has 0 aliphatic rings. The summed E-state index contributed by atoms with van der Waals surface area (Å²) >= 11 is 0. The second-order valence-electron chi connectivity index (χ2n) is 7.51. The smallest absolute Gasteiger partial charge is 0.416 e. The molecule has 2 aromatic carbocycles. The standard InChI is InChI=1S/C21H22F3N3O4/c1-20(2,3)31-18(29)12-17(28)26-27-19(30)15-6-4-5-7-16(15)25-14-10-8-13(9-11-14)21(22,23)24/h4-11,25H,12H2,1-3H3,(H,26,28)(H,27,30). The van der Waals surface area contributed by atoms with Crippen molar-refractivity contribution in [1.29, 1.82) is 0 Å². The first-order valence-corrected chi connectivity index (χ1v) is 9.19. The van der Waals surface area contributed by atoms with Crippen LogP contribution >= 0.6 is 0 Å². The van der Waals surface area contributed by atoms with Gasteiger partial charge < -0.3 is 10.1 Å². The Labute approximate surface area is 176 Å². The van der Waals surface area contributed by atoms with Crippen molar-refractivity contribution < 1.29 is 32.3 Å². The van der Waals surface area contributed by atoms with E-state index in [1.54, 1.807) is 39.0 Å². The van der Waals surface area contributed by atoms with Crippen molar-refractivity contribution in [3.8, 4) is 0 Å². The van der Waals surface area contributed by atoms with Gasteiger partial charge >= 0.3 is 12.1 Å². The topological polar surface area (TPSA) is 96.5 Å². The monoisotopic (exact) mass is 437 g/mol. The number of halogens is 3. The highest BCUT2D eigenvalue weighted by Crippen LogP contribution is 2.30. The first-order valence-electron chi connectivity index (χ1n) is 9.19. The predicted octanol–water partition coefficient (Wildman–Crippen LogP) is 3.94. The van der Waals surface area contributed by atoms with E-state index in [2.05, 4.69) is 16.2 Å². The van der Waals surface area contributed by atoms with Crippen LogP contribution in [0.25, 0.3) is 0 Å². The Hall–Kier alpha value is -3.56. The molecule has 0 saturated heterocycles. The van der Waals surface area contributed by atoms with Gasteiger partial charge in [-0.1, -0.05) is 12.1 Å². The van der Waals surface area contributed by atoms with Crippen LogP contribution in [0.1, 0.15) is 43.1 Å². The Balaban J connectivity index is 2.00. The van der Waals surface area contributed by atoms with E-state index >= 15 is 0 Å². The molecular weight excluding hydrogens is 415 g/mol. The SMILES string of the molecule is CC(C)(C)OC(=O)CC(=O)NNC(=O)c1ccccc1Nc1ccc(C(F)(F)F)cc1. The van der Waals surface area contributed by atoms with Crippen molar-refractivity contribution in [1.82, 2.24) is 10.9 Å². The second-order valence-corrected chi connectivity index (χ2v) is 7.51. The van der Waals surface area contributed by atoms with Gasteiger partial charge in [-0.25, -0.2) is 0 Å². The number of para-hydroxylation sites is 1. The zero-order valence-corrected chi connectivity index (χ0v) is 17.1. The molecule has 3 N–H and O–H groups in total. The Morgan fingerprint density at radius 3 is 2.10 bits per heavy atom. The quantitative estimate of drug-likeness (QED) is 0.374. The van der Waals surface area contributed by atoms with Gasteiger partial charge in [-0.3, -0.25) is 25.2 Å². The lowest BCUT2D eigenvalue weighted by Crippen LogP contribution is -2.43. The number of hydrazine groups is 1. The van der Waals surface area contributed by atoms with Crippen molar-refractivity contribution >= 4 is 29.2 Å². The summed E-state index contributed by atoms with van der Waals surface area (Å²) in [5.74, 6) is -2.20. The summed E-state index contributed by atoms with van der Waals surface area (Å²) in [5.41, 5.74) is 3.53. The van der Waals surface area contributed by atoms with Crippen LogP contribution in [0.2, 0.25) is 0 Å². The van der Waals surface area contributed by atoms with Crippen LogP contribution in [-0.4, -0.2) is 23.4 Å². The van der Waals surface area contributed by atoms with Crippen LogP contribution in [0.15, 0.2) is 48.5 Å². The normalized spacial score (nSPS) is 11.4. The van der Waals surface area contributed by atoms with Gasteiger partial charge in [-0.05, 0) is 57.2 Å². The largest absolute Gasteiger partial charge is 0.460 e. The molecule has 31 heavy (non-hydrogen) atoms. The van der Waals surface area contributed by atoms with Gasteiger partial charge in [0.2, 0.25) is 5.91 Å². The van der Waals surface area contributed by atoms with Gasteiger partial charge in [0, 0.05) is 5.69 Å². The molecule has 0 spiro atoms. The zero-order valence-electron chi connectivity index (χ0n) is 17.1. The maximum absolute atomic E-state index is 12.7. The van der Waals surface area contributed by atoms with E-state index in [4.69, 9.17) is 4.74 Å². The fourth-order valence-electron chi connectivity index (χ4n) is 2.43. The van der Waals surface area contributed by atoms with E-state index in [0.29, 0.717) is 11.4 Å². The lowest BCUT2D eigenvalue weighted by molar-refractivity contribution is -0.156. The molecule has 0 aliphatic carbocycles. The van der Waals surface area contributed by atoms with Crippen molar-refractivity contribution in [3.05, 3.63) is 59.7 Å². The van der Waals surface area contributed by atoms with E-state index in [1.165, 1.54) is 18.2 Å². The number of esters is 1. The van der Waals surface area contributed by atoms with Crippen LogP contribution < -0.4 is 16.2 Å². The Kier molecular flexibility index (Phi) is 7.27. The van der Waals surface area contributed by atoms with E-state index in [0.717, 1.165) is 12.1 Å². The highest BCUT2D eigenvalue weighted by molar-refractivity contribution is 6.02. The van der Waals surface area contributed by atoms with Crippen molar-refractivity contribution in [2.24, 2.45) is 0 Å². The van der Waals surface area contributed by atoms with Crippen molar-refractivity contribution in [2.45, 2.75) is 39.0 Å². The molecule has 0 radical (unpaired) electrons. The van der Waals surface area contributed by atoms with Crippen molar-refractivity contribution in [3.63, 3.8) is 0 Å². The molecule has 0 aliphatic heterocycles. The van der Waals surface area contributed by atoms with Gasteiger partial charge in [0.05, 0.1) is 16.8 Å². The maximum atomic E-state index is 12.7. The predicted molar refractivity (Wildman–Crippen MR) is 107 cm³/mol. The average molecular weight is 437 g/mol. The summed E-state index contributed by atoms with van der Waals surface area (Å²) in [6.45, 7) is 4.97. The van der Waals surface area contributed by atoms with Gasteiger partial charge in [-0.2, -0.15) is 13.2 Å². The third kappa shape index (κ3) is 7.65. The number of carbonyl (C=O) groups is 3. The second kappa shape index (κ2) is 9.50. The molecule has 2 amide bonds. The average Bonchev–Trinajstić information content (AvgIpc) is 2.64. The van der Waals surface area contributed by atoms with E-state index in [-0.39, 0.29) is 5.56 Å². The molecule has 0 heterocycles. The molecule has 0 bridgehead atoms. The number of ether oxygens (including phenoxy) is 1. The number of hydrogen-bond acceptors (Lipinski definition) is 5. The van der Waals surface area contributed by atoms with Gasteiger partial charge in [0.15, 0.2) is 0 Å². The lowest BCUT2D eigenvalue weighted by Gasteiger charge is -2.19. The fourth-order valence-corrected chi connectivity index (χ4v) is 2.43. The number of hydrogen-bond donors (Lipinski definition) is 3. The van der Waals surface area contributed by atoms with Crippen LogP contribution in [-0.2, 0) is 20.5 Å². The minimum absolute atomic E-state index is 0.125. The minimum Gasteiger partial charge on any atom is -0.460 e. The van der Waals surface area contributed by atoms with Crippen LogP contribution in [0.3, 0.4) is 0 Å². The Bertz CT molecular complexity index is 952. The highest BCUT2D eigenvalue weighted by Gasteiger charge is 2.30. The van der Waals surface area contributed by atoms with Crippen molar-refractivity contribution in [2.75, 3.05) is 5.32 Å². The summed E-state index contributed by atoms with van der Waals surface area (Å²) < 4.78 is 43.1. The molecule has 2 aromatic rings. The van der Waals surface area contributed by atoms with Crippen LogP contribution in [0, 0.1) is 0 Å². The summed E-state index contributed by atoms with van der Waals surface area (Å²) in [7, 11) is 0. The number of nitrogens with one attached hydrogen (secondary N) is 3. The first-order chi connectivity index (χ1) is 14.3. The Morgan fingerprint density at radius 1 is 0.903 bits per heavy atom. The summed E-state index contributed by atoms with van der Waals surface area (Å²) in [6, 6.07) is 10.5. The van der Waals surface area contributed by atoms with Gasteiger partial charge in [0.1, 0.15) is 12.0 Å². The number of anilines is 2. The summed E-state index contributed by atoms with van der Waals surface area (Å²) in [6.07, 6.45) is -5.03. The summed E-state index contributed by atoms with van der Waals surface area (Å²) in [4.78, 5) is 35.9. The van der Waals surface area contributed by atoms with E-state index in [1.807, 2.05) is 0 Å². The molecular formula is C21H22F3N3O4. The molecule has 0 saturated carbocycles. The molecule has 0 unspecified atom stereocenters. The van der Waals surface area contributed by atoms with Crippen LogP contribution in [0.4, 0.5) is 24.5 Å². The molecule has 0 fully saturated rings. The van der Waals surface area contributed by atoms with E-state index in [9.17, 15) is 27.6 Å². The molecule has 10 heteroatoms.